The number of halogens is 2. The quantitative estimate of drug-likeness (QED) is 0.431. The first-order valence-corrected chi connectivity index (χ1v) is 10.4. The smallest absolute Gasteiger partial charge is 0.203 e. The van der Waals surface area contributed by atoms with E-state index in [0.29, 0.717) is 34.5 Å². The molecule has 0 aliphatic rings. The van der Waals surface area contributed by atoms with Crippen LogP contribution in [-0.2, 0) is 6.42 Å². The van der Waals surface area contributed by atoms with E-state index in [1.807, 2.05) is 6.92 Å². The minimum Gasteiger partial charge on any atom is -0.458 e. The molecule has 3 aromatic heterocycles. The summed E-state index contributed by atoms with van der Waals surface area (Å²) in [6, 6.07) is 8.98. The summed E-state index contributed by atoms with van der Waals surface area (Å²) in [7, 11) is 0. The first kappa shape index (κ1) is 20.7. The molecule has 0 radical (unpaired) electrons. The lowest BCUT2D eigenvalue weighted by atomic mass is 9.99. The van der Waals surface area contributed by atoms with Crippen molar-refractivity contribution in [3.63, 3.8) is 0 Å². The van der Waals surface area contributed by atoms with Crippen LogP contribution < -0.4 is 11.2 Å². The standard InChI is InChI=1S/C24H19F2N5O2/c1-3-16-20-23(27)28-11-29-24(20)31(30-16)12(2)22-18(13-7-9-14(25)10-8-13)21(32)19-15(26)5-4-6-17(19)33-22/h4-12H,3H2,1-2H3,(H2,27,28,29). The third-order valence-electron chi connectivity index (χ3n) is 5.70. The Morgan fingerprint density at radius 2 is 1.85 bits per heavy atom. The van der Waals surface area contributed by atoms with Gasteiger partial charge in [0.05, 0.1) is 16.6 Å². The van der Waals surface area contributed by atoms with Gasteiger partial charge in [-0.05, 0) is 43.2 Å². The maximum absolute atomic E-state index is 14.6. The molecule has 0 spiro atoms. The molecule has 2 aromatic carbocycles. The third-order valence-corrected chi connectivity index (χ3v) is 5.70. The zero-order valence-electron chi connectivity index (χ0n) is 17.8. The van der Waals surface area contributed by atoms with Gasteiger partial charge in [0, 0.05) is 0 Å². The second-order valence-corrected chi connectivity index (χ2v) is 7.67. The van der Waals surface area contributed by atoms with E-state index < -0.39 is 23.1 Å². The van der Waals surface area contributed by atoms with Gasteiger partial charge in [-0.1, -0.05) is 25.1 Å². The van der Waals surface area contributed by atoms with E-state index in [-0.39, 0.29) is 22.3 Å². The van der Waals surface area contributed by atoms with Gasteiger partial charge in [0.15, 0.2) is 5.65 Å². The van der Waals surface area contributed by atoms with Crippen molar-refractivity contribution in [2.24, 2.45) is 0 Å². The number of hydrogen-bond donors (Lipinski definition) is 1. The Labute approximate surface area is 186 Å². The molecule has 5 rings (SSSR count). The molecule has 5 aromatic rings. The molecule has 9 heteroatoms. The molecule has 0 saturated heterocycles. The molecular weight excluding hydrogens is 428 g/mol. The first-order valence-electron chi connectivity index (χ1n) is 10.4. The highest BCUT2D eigenvalue weighted by Crippen LogP contribution is 2.34. The SMILES string of the molecule is CCc1nn(C(C)c2oc3cccc(F)c3c(=O)c2-c2ccc(F)cc2)c2ncnc(N)c12. The van der Waals surface area contributed by atoms with Gasteiger partial charge >= 0.3 is 0 Å². The molecule has 7 nitrogen and oxygen atoms in total. The molecule has 1 unspecified atom stereocenters. The molecule has 0 aliphatic heterocycles. The topological polar surface area (TPSA) is 99.8 Å². The number of aromatic nitrogens is 4. The highest BCUT2D eigenvalue weighted by molar-refractivity contribution is 5.88. The van der Waals surface area contributed by atoms with E-state index in [0.717, 1.165) is 0 Å². The fraction of sp³-hybridized carbons (Fsp3) is 0.167. The Morgan fingerprint density at radius 3 is 2.58 bits per heavy atom. The molecule has 0 aliphatic carbocycles. The van der Waals surface area contributed by atoms with Crippen LogP contribution in [0.4, 0.5) is 14.6 Å². The van der Waals surface area contributed by atoms with Gasteiger partial charge in [-0.3, -0.25) is 4.79 Å². The number of nitrogens with zero attached hydrogens (tertiary/aromatic N) is 4. The number of rotatable bonds is 4. The zero-order valence-corrected chi connectivity index (χ0v) is 17.8. The summed E-state index contributed by atoms with van der Waals surface area (Å²) in [5.41, 5.74) is 7.35. The van der Waals surface area contributed by atoms with Crippen LogP contribution in [0.1, 0.15) is 31.3 Å². The van der Waals surface area contributed by atoms with Crippen LogP contribution in [0.5, 0.6) is 0 Å². The van der Waals surface area contributed by atoms with Gasteiger partial charge in [0.2, 0.25) is 5.43 Å². The summed E-state index contributed by atoms with van der Waals surface area (Å²) in [4.78, 5) is 21.9. The van der Waals surface area contributed by atoms with E-state index >= 15 is 0 Å². The lowest BCUT2D eigenvalue weighted by Gasteiger charge is -2.17. The number of fused-ring (bicyclic) bond motifs is 2. The lowest BCUT2D eigenvalue weighted by molar-refractivity contribution is 0.442. The summed E-state index contributed by atoms with van der Waals surface area (Å²) in [5.74, 6) is -0.602. The van der Waals surface area contributed by atoms with Crippen molar-refractivity contribution in [2.45, 2.75) is 26.3 Å². The van der Waals surface area contributed by atoms with Crippen molar-refractivity contribution in [2.75, 3.05) is 5.73 Å². The van der Waals surface area contributed by atoms with Crippen LogP contribution in [0.3, 0.4) is 0 Å². The molecule has 0 saturated carbocycles. The summed E-state index contributed by atoms with van der Waals surface area (Å²) in [6.07, 6.45) is 1.93. The predicted molar refractivity (Wildman–Crippen MR) is 121 cm³/mol. The van der Waals surface area contributed by atoms with Gasteiger partial charge in [0.1, 0.15) is 46.6 Å². The molecule has 166 valence electrons. The Kier molecular flexibility index (Phi) is 4.88. The average Bonchev–Trinajstić information content (AvgIpc) is 3.19. The number of benzene rings is 2. The van der Waals surface area contributed by atoms with E-state index in [1.54, 1.807) is 11.6 Å². The Morgan fingerprint density at radius 1 is 1.09 bits per heavy atom. The largest absolute Gasteiger partial charge is 0.458 e. The van der Waals surface area contributed by atoms with Crippen LogP contribution in [0.15, 0.2) is 58.0 Å². The van der Waals surface area contributed by atoms with Gasteiger partial charge in [-0.2, -0.15) is 5.10 Å². The molecular formula is C24H19F2N5O2. The fourth-order valence-electron chi connectivity index (χ4n) is 4.10. The highest BCUT2D eigenvalue weighted by atomic mass is 19.1. The van der Waals surface area contributed by atoms with Crippen molar-refractivity contribution >= 4 is 27.8 Å². The van der Waals surface area contributed by atoms with Crippen molar-refractivity contribution in [1.82, 2.24) is 19.7 Å². The molecule has 1 atom stereocenters. The monoisotopic (exact) mass is 447 g/mol. The van der Waals surface area contributed by atoms with E-state index in [1.165, 1.54) is 48.8 Å². The van der Waals surface area contributed by atoms with Crippen LogP contribution in [0, 0.1) is 11.6 Å². The molecule has 3 heterocycles. The van der Waals surface area contributed by atoms with Crippen LogP contribution >= 0.6 is 0 Å². The Hall–Kier alpha value is -4.14. The molecule has 0 fully saturated rings. The van der Waals surface area contributed by atoms with Crippen molar-refractivity contribution in [1.29, 1.82) is 0 Å². The Balaban J connectivity index is 1.84. The van der Waals surface area contributed by atoms with Gasteiger partial charge in [-0.15, -0.1) is 0 Å². The lowest BCUT2D eigenvalue weighted by Crippen LogP contribution is -2.17. The number of aryl methyl sites for hydroxylation is 1. The molecule has 2 N–H and O–H groups in total. The molecule has 0 bridgehead atoms. The van der Waals surface area contributed by atoms with Crippen LogP contribution in [0.2, 0.25) is 0 Å². The Bertz CT molecular complexity index is 1570. The predicted octanol–water partition coefficient (Wildman–Crippen LogP) is 4.63. The maximum atomic E-state index is 14.6. The highest BCUT2D eigenvalue weighted by Gasteiger charge is 2.27. The summed E-state index contributed by atoms with van der Waals surface area (Å²) >= 11 is 0. The first-order chi connectivity index (χ1) is 15.9. The van der Waals surface area contributed by atoms with Crippen molar-refractivity contribution < 1.29 is 13.2 Å². The van der Waals surface area contributed by atoms with Crippen molar-refractivity contribution in [3.8, 4) is 11.1 Å². The van der Waals surface area contributed by atoms with E-state index in [2.05, 4.69) is 15.1 Å². The molecule has 33 heavy (non-hydrogen) atoms. The van der Waals surface area contributed by atoms with E-state index in [9.17, 15) is 13.6 Å². The van der Waals surface area contributed by atoms with Crippen LogP contribution in [-0.4, -0.2) is 19.7 Å². The summed E-state index contributed by atoms with van der Waals surface area (Å²) in [5, 5.41) is 5.12. The zero-order chi connectivity index (χ0) is 23.3. The minimum absolute atomic E-state index is 0.106. The second-order valence-electron chi connectivity index (χ2n) is 7.67. The summed E-state index contributed by atoms with van der Waals surface area (Å²) in [6.45, 7) is 3.73. The minimum atomic E-state index is -0.692. The second kappa shape index (κ2) is 7.77. The summed E-state index contributed by atoms with van der Waals surface area (Å²) < 4.78 is 35.9. The molecule has 0 amide bonds. The number of anilines is 1. The van der Waals surface area contributed by atoms with Crippen LogP contribution in [0.25, 0.3) is 33.1 Å². The number of nitrogens with two attached hydrogens (primary N) is 1. The number of nitrogen functional groups attached to an aromatic ring is 1. The van der Waals surface area contributed by atoms with Gasteiger partial charge in [0.25, 0.3) is 0 Å². The average molecular weight is 447 g/mol. The van der Waals surface area contributed by atoms with Gasteiger partial charge < -0.3 is 10.2 Å². The maximum Gasteiger partial charge on any atom is 0.203 e. The van der Waals surface area contributed by atoms with E-state index in [4.69, 9.17) is 10.2 Å². The number of hydrogen-bond acceptors (Lipinski definition) is 6. The van der Waals surface area contributed by atoms with Gasteiger partial charge in [-0.25, -0.2) is 23.4 Å². The van der Waals surface area contributed by atoms with Crippen molar-refractivity contribution in [3.05, 3.63) is 82.1 Å². The normalized spacial score (nSPS) is 12.5. The third kappa shape index (κ3) is 3.24. The fourth-order valence-corrected chi connectivity index (χ4v) is 4.10.